The lowest BCUT2D eigenvalue weighted by atomic mass is 10.2. The topological polar surface area (TPSA) is 97.9 Å². The van der Waals surface area contributed by atoms with Crippen molar-refractivity contribution >= 4 is 20.1 Å². The summed E-state index contributed by atoms with van der Waals surface area (Å²) in [6.07, 6.45) is 2.50. The molecule has 0 aliphatic carbocycles. The van der Waals surface area contributed by atoms with Crippen LogP contribution in [-0.4, -0.2) is 13.2 Å². The molecule has 6 nitrogen and oxygen atoms in total. The van der Waals surface area contributed by atoms with Gasteiger partial charge in [0.25, 0.3) is 5.56 Å². The van der Waals surface area contributed by atoms with Crippen molar-refractivity contribution in [3.8, 4) is 0 Å². The van der Waals surface area contributed by atoms with Gasteiger partial charge in [-0.2, -0.15) is 3.97 Å². The lowest BCUT2D eigenvalue weighted by Crippen LogP contribution is -2.43. The summed E-state index contributed by atoms with van der Waals surface area (Å²) in [5, 5.41) is 5.11. The molecule has 0 amide bonds. The van der Waals surface area contributed by atoms with Gasteiger partial charge in [-0.15, -0.1) is 0 Å². The van der Waals surface area contributed by atoms with Crippen LogP contribution in [0.25, 0.3) is 0 Å². The van der Waals surface area contributed by atoms with Crippen molar-refractivity contribution in [2.24, 2.45) is 5.14 Å². The minimum absolute atomic E-state index is 0.347. The SMILES string of the molecule is CCCc1c[nH]c(=O)n(S(N)(=O)=S)c1=O. The zero-order valence-electron chi connectivity index (χ0n) is 8.06. The molecule has 0 aromatic carbocycles. The third-order valence-electron chi connectivity index (χ3n) is 1.79. The summed E-state index contributed by atoms with van der Waals surface area (Å²) in [6, 6.07) is 0. The van der Waals surface area contributed by atoms with Gasteiger partial charge in [-0.25, -0.2) is 14.1 Å². The van der Waals surface area contributed by atoms with Crippen molar-refractivity contribution in [2.45, 2.75) is 19.8 Å². The van der Waals surface area contributed by atoms with E-state index in [0.717, 1.165) is 6.42 Å². The fraction of sp³-hybridized carbons (Fsp3) is 0.429. The highest BCUT2D eigenvalue weighted by atomic mass is 32.8. The second kappa shape index (κ2) is 4.25. The minimum Gasteiger partial charge on any atom is -0.313 e. The molecule has 1 atom stereocenters. The molecule has 0 fully saturated rings. The summed E-state index contributed by atoms with van der Waals surface area (Å²) in [6.45, 7) is 1.88. The molecule has 15 heavy (non-hydrogen) atoms. The van der Waals surface area contributed by atoms with E-state index in [1.165, 1.54) is 6.20 Å². The molecule has 3 N–H and O–H groups in total. The number of aromatic amines is 1. The lowest BCUT2D eigenvalue weighted by Gasteiger charge is -2.05. The van der Waals surface area contributed by atoms with E-state index in [-0.39, 0.29) is 0 Å². The fourth-order valence-electron chi connectivity index (χ4n) is 1.17. The zero-order valence-corrected chi connectivity index (χ0v) is 9.69. The van der Waals surface area contributed by atoms with E-state index in [1.54, 1.807) is 0 Å². The Hall–Kier alpha value is -0.990. The van der Waals surface area contributed by atoms with E-state index < -0.39 is 20.1 Å². The quantitative estimate of drug-likeness (QED) is 0.708. The molecule has 1 rings (SSSR count). The van der Waals surface area contributed by atoms with Gasteiger partial charge in [-0.05, 0) is 6.42 Å². The average molecular weight is 249 g/mol. The number of hydrogen-bond acceptors (Lipinski definition) is 4. The largest absolute Gasteiger partial charge is 0.341 e. The maximum Gasteiger partial charge on any atom is 0.341 e. The highest BCUT2D eigenvalue weighted by molar-refractivity contribution is 8.30. The molecule has 0 aliphatic heterocycles. The predicted octanol–water partition coefficient (Wildman–Crippen LogP) is -1.13. The molecule has 0 saturated heterocycles. The van der Waals surface area contributed by atoms with E-state index in [0.29, 0.717) is 16.0 Å². The summed E-state index contributed by atoms with van der Waals surface area (Å²) in [4.78, 5) is 25.2. The second-order valence-electron chi connectivity index (χ2n) is 2.98. The number of rotatable bonds is 3. The van der Waals surface area contributed by atoms with Gasteiger partial charge in [-0.1, -0.05) is 13.3 Å². The first-order chi connectivity index (χ1) is 6.88. The first-order valence-electron chi connectivity index (χ1n) is 4.25. The Labute approximate surface area is 91.1 Å². The monoisotopic (exact) mass is 249 g/mol. The van der Waals surface area contributed by atoms with Crippen molar-refractivity contribution < 1.29 is 4.21 Å². The highest BCUT2D eigenvalue weighted by Gasteiger charge is 2.12. The molecule has 8 heteroatoms. The molecule has 0 aliphatic rings. The summed E-state index contributed by atoms with van der Waals surface area (Å²) >= 11 is 4.42. The minimum atomic E-state index is -3.51. The zero-order chi connectivity index (χ0) is 11.6. The second-order valence-corrected chi connectivity index (χ2v) is 5.81. The third-order valence-corrected chi connectivity index (χ3v) is 3.08. The van der Waals surface area contributed by atoms with E-state index in [4.69, 9.17) is 5.14 Å². The summed E-state index contributed by atoms with van der Waals surface area (Å²) in [5.41, 5.74) is -1.18. The van der Waals surface area contributed by atoms with E-state index in [1.807, 2.05) is 6.92 Å². The van der Waals surface area contributed by atoms with Crippen LogP contribution in [0, 0.1) is 0 Å². The molecule has 0 spiro atoms. The Kier molecular flexibility index (Phi) is 3.42. The summed E-state index contributed by atoms with van der Waals surface area (Å²) in [5.74, 6) is 0. The van der Waals surface area contributed by atoms with Crippen LogP contribution >= 0.6 is 0 Å². The van der Waals surface area contributed by atoms with Gasteiger partial charge in [0.05, 0.1) is 0 Å². The summed E-state index contributed by atoms with van der Waals surface area (Å²) < 4.78 is 11.7. The number of nitrogens with one attached hydrogen (secondary N) is 1. The number of H-pyrrole nitrogens is 1. The van der Waals surface area contributed by atoms with Crippen molar-refractivity contribution in [1.29, 1.82) is 0 Å². The Balaban J connectivity index is 3.59. The molecule has 1 heterocycles. The van der Waals surface area contributed by atoms with E-state index in [9.17, 15) is 13.8 Å². The molecule has 0 saturated carbocycles. The first-order valence-corrected chi connectivity index (χ1v) is 6.75. The molecule has 0 radical (unpaired) electrons. The molecular formula is C7H11N3O3S2. The molecule has 1 aromatic rings. The van der Waals surface area contributed by atoms with E-state index in [2.05, 4.69) is 16.2 Å². The van der Waals surface area contributed by atoms with Crippen LogP contribution in [0.5, 0.6) is 0 Å². The van der Waals surface area contributed by atoms with Gasteiger partial charge < -0.3 is 4.98 Å². The lowest BCUT2D eigenvalue weighted by molar-refractivity contribution is 0.671. The highest BCUT2D eigenvalue weighted by Crippen LogP contribution is 1.92. The molecule has 0 bridgehead atoms. The van der Waals surface area contributed by atoms with Crippen molar-refractivity contribution in [2.75, 3.05) is 0 Å². The number of nitrogens with two attached hydrogens (primary N) is 1. The molecule has 1 aromatic heterocycles. The van der Waals surface area contributed by atoms with Gasteiger partial charge in [0.15, 0.2) is 8.86 Å². The molecule has 1 unspecified atom stereocenters. The van der Waals surface area contributed by atoms with Crippen LogP contribution in [0.3, 0.4) is 0 Å². The van der Waals surface area contributed by atoms with Crippen molar-refractivity contribution in [3.63, 3.8) is 0 Å². The smallest absolute Gasteiger partial charge is 0.313 e. The van der Waals surface area contributed by atoms with Gasteiger partial charge in [0, 0.05) is 22.9 Å². The maximum absolute atomic E-state index is 11.6. The Morgan fingerprint density at radius 2 is 2.20 bits per heavy atom. The number of aromatic nitrogens is 2. The molecular weight excluding hydrogens is 238 g/mol. The van der Waals surface area contributed by atoms with Crippen LogP contribution in [0.4, 0.5) is 0 Å². The third kappa shape index (κ3) is 2.52. The number of hydrogen-bond donors (Lipinski definition) is 2. The van der Waals surface area contributed by atoms with Gasteiger partial charge in [-0.3, -0.25) is 4.79 Å². The molecule has 84 valence electrons. The fourth-order valence-corrected chi connectivity index (χ4v) is 2.21. The maximum atomic E-state index is 11.6. The van der Waals surface area contributed by atoms with Crippen LogP contribution in [-0.2, 0) is 26.5 Å². The predicted molar refractivity (Wildman–Crippen MR) is 60.4 cm³/mol. The Morgan fingerprint density at radius 1 is 1.60 bits per heavy atom. The Bertz CT molecular complexity index is 570. The first kappa shape index (κ1) is 12.1. The van der Waals surface area contributed by atoms with Crippen LogP contribution in [0.1, 0.15) is 18.9 Å². The van der Waals surface area contributed by atoms with Gasteiger partial charge in [0.2, 0.25) is 0 Å². The van der Waals surface area contributed by atoms with Gasteiger partial charge >= 0.3 is 5.69 Å². The normalized spacial score (nSPS) is 14.8. The van der Waals surface area contributed by atoms with E-state index >= 15 is 0 Å². The van der Waals surface area contributed by atoms with Crippen molar-refractivity contribution in [1.82, 2.24) is 8.96 Å². The summed E-state index contributed by atoms with van der Waals surface area (Å²) in [7, 11) is -3.51. The van der Waals surface area contributed by atoms with Crippen LogP contribution < -0.4 is 16.4 Å². The standard InChI is InChI=1S/C7H11N3O3S2/c1-2-3-5-4-9-7(12)10(6(5)11)15(8,13)14/h4H,2-3H2,1H3,(H,9,12)(H2,8,13,14). The Morgan fingerprint density at radius 3 is 2.67 bits per heavy atom. The average Bonchev–Trinajstić information content (AvgIpc) is 2.08. The van der Waals surface area contributed by atoms with Crippen LogP contribution in [0.15, 0.2) is 15.8 Å². The number of nitrogens with zero attached hydrogens (tertiary/aromatic N) is 1. The van der Waals surface area contributed by atoms with Gasteiger partial charge in [0.1, 0.15) is 0 Å². The number of aryl methyl sites for hydroxylation is 1. The van der Waals surface area contributed by atoms with Crippen LogP contribution in [0.2, 0.25) is 0 Å². The van der Waals surface area contributed by atoms with Crippen molar-refractivity contribution in [3.05, 3.63) is 32.6 Å².